The quantitative estimate of drug-likeness (QED) is 0.477. The maximum atomic E-state index is 13.9. The molecule has 0 atom stereocenters. The van der Waals surface area contributed by atoms with Gasteiger partial charge in [0, 0.05) is 23.4 Å². The highest BCUT2D eigenvalue weighted by atomic mass is 32.2. The molecule has 2 heterocycles. The Morgan fingerprint density at radius 2 is 1.96 bits per heavy atom. The van der Waals surface area contributed by atoms with Crippen LogP contribution in [0, 0.1) is 5.82 Å². The van der Waals surface area contributed by atoms with Crippen molar-refractivity contribution in [1.29, 1.82) is 0 Å². The Morgan fingerprint density at radius 3 is 2.64 bits per heavy atom. The van der Waals surface area contributed by atoms with Crippen molar-refractivity contribution < 1.29 is 22.3 Å². The average molecular weight is 369 g/mol. The number of rotatable bonds is 5. The van der Waals surface area contributed by atoms with E-state index in [9.17, 15) is 17.6 Å². The number of pyridine rings is 1. The Hall–Kier alpha value is -2.68. The molecule has 0 spiro atoms. The van der Waals surface area contributed by atoms with Gasteiger partial charge in [-0.2, -0.15) is 0 Å². The third kappa shape index (κ3) is 4.66. The van der Waals surface area contributed by atoms with Crippen LogP contribution in [0.1, 0.15) is 0 Å². The fraction of sp³-hybridized carbons (Fsp3) is 0.0625. The van der Waals surface area contributed by atoms with Crippen molar-refractivity contribution >= 4 is 17.6 Å². The van der Waals surface area contributed by atoms with Gasteiger partial charge in [0.2, 0.25) is 0 Å². The van der Waals surface area contributed by atoms with Crippen molar-refractivity contribution in [3.05, 3.63) is 60.7 Å². The van der Waals surface area contributed by atoms with Gasteiger partial charge in [0.25, 0.3) is 0 Å². The number of alkyl halides is 3. The molecule has 0 aliphatic carbocycles. The van der Waals surface area contributed by atoms with Crippen LogP contribution in [0.15, 0.2) is 59.8 Å². The standard InChI is InChI=1S/C16H11F4N3OS/c17-12-7-10(24-16(18,19)20)4-5-13(12)23-25-11-8-15(22-9-11)14-3-1-2-6-21-14/h1-9,22-23H. The molecule has 0 bridgehead atoms. The lowest BCUT2D eigenvalue weighted by Crippen LogP contribution is -2.17. The van der Waals surface area contributed by atoms with E-state index < -0.39 is 17.9 Å². The minimum Gasteiger partial charge on any atom is -0.406 e. The largest absolute Gasteiger partial charge is 0.573 e. The number of aromatic nitrogens is 2. The van der Waals surface area contributed by atoms with Crippen LogP contribution in [0.2, 0.25) is 0 Å². The van der Waals surface area contributed by atoms with Gasteiger partial charge < -0.3 is 14.4 Å². The molecular weight excluding hydrogens is 358 g/mol. The summed E-state index contributed by atoms with van der Waals surface area (Å²) in [6.45, 7) is 0. The van der Waals surface area contributed by atoms with E-state index in [1.165, 1.54) is 6.07 Å². The van der Waals surface area contributed by atoms with Gasteiger partial charge in [-0.1, -0.05) is 6.07 Å². The van der Waals surface area contributed by atoms with E-state index in [-0.39, 0.29) is 5.69 Å². The molecule has 130 valence electrons. The molecule has 25 heavy (non-hydrogen) atoms. The monoisotopic (exact) mass is 369 g/mol. The molecule has 0 aliphatic rings. The Labute approximate surface area is 144 Å². The van der Waals surface area contributed by atoms with E-state index >= 15 is 0 Å². The van der Waals surface area contributed by atoms with E-state index in [1.54, 1.807) is 18.5 Å². The molecule has 0 fully saturated rings. The van der Waals surface area contributed by atoms with Crippen molar-refractivity contribution in [2.45, 2.75) is 11.3 Å². The molecule has 0 amide bonds. The molecule has 0 saturated heterocycles. The van der Waals surface area contributed by atoms with E-state index in [2.05, 4.69) is 19.4 Å². The molecule has 0 saturated carbocycles. The summed E-state index contributed by atoms with van der Waals surface area (Å²) in [5.74, 6) is -1.46. The number of ether oxygens (including phenoxy) is 1. The zero-order valence-electron chi connectivity index (χ0n) is 12.5. The summed E-state index contributed by atoms with van der Waals surface area (Å²) in [7, 11) is 0. The van der Waals surface area contributed by atoms with Crippen LogP contribution in [0.3, 0.4) is 0 Å². The first-order chi connectivity index (χ1) is 11.9. The smallest absolute Gasteiger partial charge is 0.406 e. The number of benzene rings is 1. The lowest BCUT2D eigenvalue weighted by atomic mass is 10.3. The van der Waals surface area contributed by atoms with Gasteiger partial charge in [-0.25, -0.2) is 4.39 Å². The predicted molar refractivity (Wildman–Crippen MR) is 86.6 cm³/mol. The van der Waals surface area contributed by atoms with Gasteiger partial charge in [-0.05, 0) is 42.3 Å². The number of anilines is 1. The van der Waals surface area contributed by atoms with Gasteiger partial charge in [0.1, 0.15) is 5.75 Å². The van der Waals surface area contributed by atoms with Crippen molar-refractivity contribution in [2.24, 2.45) is 0 Å². The van der Waals surface area contributed by atoms with Crippen LogP contribution in [0.5, 0.6) is 5.75 Å². The number of aromatic amines is 1. The highest BCUT2D eigenvalue weighted by molar-refractivity contribution is 8.00. The van der Waals surface area contributed by atoms with E-state index in [4.69, 9.17) is 0 Å². The molecule has 3 rings (SSSR count). The van der Waals surface area contributed by atoms with Crippen LogP contribution >= 0.6 is 11.9 Å². The van der Waals surface area contributed by atoms with Crippen LogP contribution in [0.25, 0.3) is 11.4 Å². The van der Waals surface area contributed by atoms with Crippen molar-refractivity contribution in [3.63, 3.8) is 0 Å². The summed E-state index contributed by atoms with van der Waals surface area (Å²) < 4.78 is 56.6. The number of nitrogens with zero attached hydrogens (tertiary/aromatic N) is 1. The fourth-order valence-corrected chi connectivity index (χ4v) is 2.68. The van der Waals surface area contributed by atoms with Gasteiger partial charge in [-0.15, -0.1) is 13.2 Å². The first-order valence-corrected chi connectivity index (χ1v) is 7.80. The van der Waals surface area contributed by atoms with Crippen molar-refractivity contribution in [2.75, 3.05) is 4.72 Å². The maximum Gasteiger partial charge on any atom is 0.573 e. The van der Waals surface area contributed by atoms with Crippen molar-refractivity contribution in [3.8, 4) is 17.1 Å². The Bertz CT molecular complexity index is 852. The third-order valence-electron chi connectivity index (χ3n) is 3.05. The Balaban J connectivity index is 1.65. The minimum absolute atomic E-state index is 0.0418. The molecule has 1 aromatic carbocycles. The van der Waals surface area contributed by atoms with Gasteiger partial charge in [-0.3, -0.25) is 4.98 Å². The SMILES string of the molecule is Fc1cc(OC(F)(F)F)ccc1NSc1c[nH]c(-c2ccccn2)c1. The normalized spacial score (nSPS) is 11.4. The average Bonchev–Trinajstić information content (AvgIpc) is 3.02. The first kappa shape index (κ1) is 17.2. The summed E-state index contributed by atoms with van der Waals surface area (Å²) in [6.07, 6.45) is -1.48. The summed E-state index contributed by atoms with van der Waals surface area (Å²) in [5.41, 5.74) is 1.59. The number of halogens is 4. The number of H-pyrrole nitrogens is 1. The lowest BCUT2D eigenvalue weighted by Gasteiger charge is -2.10. The molecule has 2 N–H and O–H groups in total. The van der Waals surface area contributed by atoms with Crippen LogP contribution in [0.4, 0.5) is 23.2 Å². The highest BCUT2D eigenvalue weighted by Gasteiger charge is 2.31. The summed E-state index contributed by atoms with van der Waals surface area (Å²) in [6, 6.07) is 10.2. The van der Waals surface area contributed by atoms with Crippen LogP contribution in [-0.2, 0) is 0 Å². The minimum atomic E-state index is -4.86. The highest BCUT2D eigenvalue weighted by Crippen LogP contribution is 2.30. The van der Waals surface area contributed by atoms with Gasteiger partial charge in [0.15, 0.2) is 5.82 Å². The van der Waals surface area contributed by atoms with E-state index in [0.717, 1.165) is 34.3 Å². The van der Waals surface area contributed by atoms with Gasteiger partial charge >= 0.3 is 6.36 Å². The molecule has 2 aromatic heterocycles. The molecule has 4 nitrogen and oxygen atoms in total. The van der Waals surface area contributed by atoms with Crippen molar-refractivity contribution in [1.82, 2.24) is 9.97 Å². The number of nitrogens with one attached hydrogen (secondary N) is 2. The molecule has 9 heteroatoms. The van der Waals surface area contributed by atoms with E-state index in [1.807, 2.05) is 18.2 Å². The van der Waals surface area contributed by atoms with Crippen LogP contribution < -0.4 is 9.46 Å². The molecule has 0 unspecified atom stereocenters. The molecule has 0 aliphatic heterocycles. The predicted octanol–water partition coefficient (Wildman–Crippen LogP) is 5.23. The summed E-state index contributed by atoms with van der Waals surface area (Å²) >= 11 is 1.11. The summed E-state index contributed by atoms with van der Waals surface area (Å²) in [4.78, 5) is 8.01. The van der Waals surface area contributed by atoms with E-state index in [0.29, 0.717) is 6.07 Å². The Morgan fingerprint density at radius 1 is 1.12 bits per heavy atom. The fourth-order valence-electron chi connectivity index (χ4n) is 1.99. The zero-order valence-corrected chi connectivity index (χ0v) is 13.3. The van der Waals surface area contributed by atoms with Gasteiger partial charge in [0.05, 0.1) is 17.1 Å². The number of hydrogen-bond acceptors (Lipinski definition) is 4. The Kier molecular flexibility index (Phi) is 4.84. The zero-order chi connectivity index (χ0) is 17.9. The second kappa shape index (κ2) is 7.06. The lowest BCUT2D eigenvalue weighted by molar-refractivity contribution is -0.274. The molecule has 3 aromatic rings. The molecular formula is C16H11F4N3OS. The first-order valence-electron chi connectivity index (χ1n) is 6.99. The third-order valence-corrected chi connectivity index (χ3v) is 3.84. The van der Waals surface area contributed by atoms with Crippen LogP contribution in [-0.4, -0.2) is 16.3 Å². The maximum absolute atomic E-state index is 13.9. The molecule has 0 radical (unpaired) electrons. The second-order valence-corrected chi connectivity index (χ2v) is 5.74. The topological polar surface area (TPSA) is 49.9 Å². The second-order valence-electron chi connectivity index (χ2n) is 4.86. The number of hydrogen-bond donors (Lipinski definition) is 2. The summed E-state index contributed by atoms with van der Waals surface area (Å²) in [5, 5.41) is 0.